The molecule has 1 aromatic rings. The SMILES string of the molecule is C=C(Br)CNC(=NC)N1CCN(c2cccs2)CC1.I. The largest absolute Gasteiger partial charge is 0.360 e. The van der Waals surface area contributed by atoms with E-state index in [0.29, 0.717) is 6.54 Å². The Morgan fingerprint density at radius 1 is 1.45 bits per heavy atom. The van der Waals surface area contributed by atoms with Crippen molar-refractivity contribution in [3.8, 4) is 0 Å². The summed E-state index contributed by atoms with van der Waals surface area (Å²) in [6.45, 7) is 8.59. The smallest absolute Gasteiger partial charge is 0.194 e. The molecule has 4 nitrogen and oxygen atoms in total. The molecule has 0 aliphatic carbocycles. The fraction of sp³-hybridized carbons (Fsp3) is 0.462. The van der Waals surface area contributed by atoms with E-state index in [0.717, 1.165) is 36.6 Å². The highest BCUT2D eigenvalue weighted by Gasteiger charge is 2.19. The van der Waals surface area contributed by atoms with Crippen LogP contribution in [0, 0.1) is 0 Å². The zero-order valence-electron chi connectivity index (χ0n) is 11.5. The number of guanidine groups is 1. The van der Waals surface area contributed by atoms with Gasteiger partial charge in [0.15, 0.2) is 5.96 Å². The average Bonchev–Trinajstić information content (AvgIpc) is 2.94. The van der Waals surface area contributed by atoms with Crippen molar-refractivity contribution in [3.63, 3.8) is 0 Å². The van der Waals surface area contributed by atoms with E-state index in [1.165, 1.54) is 5.00 Å². The average molecular weight is 471 g/mol. The van der Waals surface area contributed by atoms with Crippen LogP contribution in [0.3, 0.4) is 0 Å². The van der Waals surface area contributed by atoms with Crippen molar-refractivity contribution in [3.05, 3.63) is 28.6 Å². The van der Waals surface area contributed by atoms with Gasteiger partial charge in [-0.2, -0.15) is 0 Å². The third-order valence-corrected chi connectivity index (χ3v) is 4.26. The molecule has 7 heteroatoms. The first kappa shape index (κ1) is 17.8. The molecule has 1 aliphatic rings. The highest BCUT2D eigenvalue weighted by atomic mass is 127. The lowest BCUT2D eigenvalue weighted by molar-refractivity contribution is 0.375. The number of nitrogens with one attached hydrogen (secondary N) is 1. The molecule has 1 aromatic heterocycles. The summed E-state index contributed by atoms with van der Waals surface area (Å²) >= 11 is 5.16. The molecule has 0 spiro atoms. The van der Waals surface area contributed by atoms with Gasteiger partial charge in [0.2, 0.25) is 0 Å². The van der Waals surface area contributed by atoms with Crippen LogP contribution in [0.5, 0.6) is 0 Å². The molecule has 1 saturated heterocycles. The van der Waals surface area contributed by atoms with E-state index in [9.17, 15) is 0 Å². The number of halogens is 2. The maximum atomic E-state index is 4.33. The molecule has 112 valence electrons. The van der Waals surface area contributed by atoms with Gasteiger partial charge in [-0.1, -0.05) is 22.5 Å². The Labute approximate surface area is 150 Å². The molecule has 0 aromatic carbocycles. The van der Waals surface area contributed by atoms with E-state index >= 15 is 0 Å². The highest BCUT2D eigenvalue weighted by molar-refractivity contribution is 14.0. The summed E-state index contributed by atoms with van der Waals surface area (Å²) in [5, 5.41) is 6.79. The lowest BCUT2D eigenvalue weighted by Gasteiger charge is -2.37. The monoisotopic (exact) mass is 470 g/mol. The second kappa shape index (κ2) is 8.89. The number of anilines is 1. The first-order chi connectivity index (χ1) is 9.20. The molecule has 2 heterocycles. The second-order valence-electron chi connectivity index (χ2n) is 4.34. The maximum Gasteiger partial charge on any atom is 0.194 e. The number of hydrogen-bond donors (Lipinski definition) is 1. The van der Waals surface area contributed by atoms with Gasteiger partial charge in [0.25, 0.3) is 0 Å². The Kier molecular flexibility index (Phi) is 7.90. The number of aliphatic imine (C=N–C) groups is 1. The van der Waals surface area contributed by atoms with Crippen LogP contribution in [0.1, 0.15) is 0 Å². The Morgan fingerprint density at radius 3 is 2.65 bits per heavy atom. The zero-order valence-corrected chi connectivity index (χ0v) is 16.2. The Bertz CT molecular complexity index is 441. The van der Waals surface area contributed by atoms with E-state index in [-0.39, 0.29) is 24.0 Å². The molecule has 0 bridgehead atoms. The van der Waals surface area contributed by atoms with Crippen LogP contribution in [0.15, 0.2) is 33.6 Å². The van der Waals surface area contributed by atoms with E-state index in [1.807, 2.05) is 7.05 Å². The van der Waals surface area contributed by atoms with Crippen molar-refractivity contribution in [1.82, 2.24) is 10.2 Å². The molecule has 0 atom stereocenters. The first-order valence-corrected chi connectivity index (χ1v) is 7.95. The molecule has 20 heavy (non-hydrogen) atoms. The lowest BCUT2D eigenvalue weighted by Crippen LogP contribution is -2.52. The van der Waals surface area contributed by atoms with Gasteiger partial charge in [0.1, 0.15) is 0 Å². The Balaban J connectivity index is 0.00000200. The van der Waals surface area contributed by atoms with Crippen LogP contribution in [0.2, 0.25) is 0 Å². The van der Waals surface area contributed by atoms with Gasteiger partial charge in [0, 0.05) is 44.3 Å². The number of piperazine rings is 1. The van der Waals surface area contributed by atoms with Gasteiger partial charge in [-0.25, -0.2) is 0 Å². The lowest BCUT2D eigenvalue weighted by atomic mass is 10.3. The van der Waals surface area contributed by atoms with Crippen LogP contribution in [-0.4, -0.2) is 50.6 Å². The third kappa shape index (κ3) is 4.92. The quantitative estimate of drug-likeness (QED) is 0.418. The summed E-state index contributed by atoms with van der Waals surface area (Å²) in [6, 6.07) is 4.29. The standard InChI is InChI=1S/C13H19BrN4S.HI/c1-11(14)10-16-13(15-2)18-7-5-17(6-8-18)12-4-3-9-19-12;/h3-4,9H,1,5-8,10H2,2H3,(H,15,16);1H. The summed E-state index contributed by atoms with van der Waals surface area (Å²) in [5.41, 5.74) is 0. The van der Waals surface area contributed by atoms with E-state index < -0.39 is 0 Å². The normalized spacial score (nSPS) is 15.8. The summed E-state index contributed by atoms with van der Waals surface area (Å²) in [7, 11) is 1.82. The van der Waals surface area contributed by atoms with Crippen molar-refractivity contribution in [2.45, 2.75) is 0 Å². The second-order valence-corrected chi connectivity index (χ2v) is 6.39. The van der Waals surface area contributed by atoms with E-state index in [2.05, 4.69) is 60.1 Å². The molecule has 0 amide bonds. The number of rotatable bonds is 3. The molecular weight excluding hydrogens is 451 g/mol. The summed E-state index contributed by atoms with van der Waals surface area (Å²) < 4.78 is 0.936. The molecular formula is C13H20BrIN4S. The molecule has 0 saturated carbocycles. The zero-order chi connectivity index (χ0) is 13.7. The highest BCUT2D eigenvalue weighted by Crippen LogP contribution is 2.22. The number of hydrogen-bond acceptors (Lipinski definition) is 3. The van der Waals surface area contributed by atoms with Gasteiger partial charge in [0.05, 0.1) is 5.00 Å². The van der Waals surface area contributed by atoms with Crippen LogP contribution in [0.25, 0.3) is 0 Å². The minimum Gasteiger partial charge on any atom is -0.360 e. The molecule has 0 radical (unpaired) electrons. The molecule has 1 fully saturated rings. The third-order valence-electron chi connectivity index (χ3n) is 3.05. The van der Waals surface area contributed by atoms with Crippen molar-refractivity contribution in [2.75, 3.05) is 44.7 Å². The van der Waals surface area contributed by atoms with Gasteiger partial charge in [-0.05, 0) is 17.5 Å². The molecule has 2 rings (SSSR count). The van der Waals surface area contributed by atoms with Crippen LogP contribution in [-0.2, 0) is 0 Å². The minimum absolute atomic E-state index is 0. The minimum atomic E-state index is 0. The maximum absolute atomic E-state index is 4.33. The van der Waals surface area contributed by atoms with Crippen molar-refractivity contribution >= 4 is 62.2 Å². The van der Waals surface area contributed by atoms with Crippen molar-refractivity contribution < 1.29 is 0 Å². The predicted molar refractivity (Wildman–Crippen MR) is 103 cm³/mol. The van der Waals surface area contributed by atoms with Crippen molar-refractivity contribution in [2.24, 2.45) is 4.99 Å². The van der Waals surface area contributed by atoms with Gasteiger partial charge in [-0.3, -0.25) is 4.99 Å². The summed E-state index contributed by atoms with van der Waals surface area (Å²) in [5.74, 6) is 0.950. The van der Waals surface area contributed by atoms with E-state index in [1.54, 1.807) is 11.3 Å². The van der Waals surface area contributed by atoms with Gasteiger partial charge < -0.3 is 15.1 Å². The number of nitrogens with zero attached hydrogens (tertiary/aromatic N) is 3. The first-order valence-electron chi connectivity index (χ1n) is 6.28. The van der Waals surface area contributed by atoms with Gasteiger partial charge in [-0.15, -0.1) is 35.3 Å². The predicted octanol–water partition coefficient (Wildman–Crippen LogP) is 2.97. The molecule has 1 N–H and O–H groups in total. The number of thiophene rings is 1. The fourth-order valence-corrected chi connectivity index (χ4v) is 3.02. The molecule has 1 aliphatic heterocycles. The van der Waals surface area contributed by atoms with Crippen molar-refractivity contribution in [1.29, 1.82) is 0 Å². The summed E-state index contributed by atoms with van der Waals surface area (Å²) in [6.07, 6.45) is 0. The Morgan fingerprint density at radius 2 is 2.15 bits per heavy atom. The van der Waals surface area contributed by atoms with Crippen LogP contribution in [0.4, 0.5) is 5.00 Å². The topological polar surface area (TPSA) is 30.9 Å². The fourth-order valence-electron chi connectivity index (χ4n) is 2.10. The van der Waals surface area contributed by atoms with E-state index in [4.69, 9.17) is 0 Å². The van der Waals surface area contributed by atoms with Gasteiger partial charge >= 0.3 is 0 Å². The van der Waals surface area contributed by atoms with Crippen LogP contribution >= 0.6 is 51.2 Å². The Hall–Kier alpha value is -0.280. The van der Waals surface area contributed by atoms with Crippen LogP contribution < -0.4 is 10.2 Å². The summed E-state index contributed by atoms with van der Waals surface area (Å²) in [4.78, 5) is 9.05. The molecule has 0 unspecified atom stereocenters.